The van der Waals surface area contributed by atoms with Crippen LogP contribution in [0.5, 0.6) is 0 Å². The van der Waals surface area contributed by atoms with E-state index < -0.39 is 0 Å². The molecule has 0 aromatic carbocycles. The molecule has 2 aliphatic heterocycles. The molecule has 4 fully saturated rings. The zero-order chi connectivity index (χ0) is 21.3. The van der Waals surface area contributed by atoms with Gasteiger partial charge in [-0.15, -0.1) is 0 Å². The van der Waals surface area contributed by atoms with Gasteiger partial charge in [-0.3, -0.25) is 0 Å². The van der Waals surface area contributed by atoms with Gasteiger partial charge in [-0.05, 0) is 102 Å². The van der Waals surface area contributed by atoms with Gasteiger partial charge in [-0.1, -0.05) is 0 Å². The third kappa shape index (κ3) is 4.28. The van der Waals surface area contributed by atoms with Gasteiger partial charge in [0.2, 0.25) is 0 Å². The molecule has 2 aliphatic carbocycles. The summed E-state index contributed by atoms with van der Waals surface area (Å²) in [6, 6.07) is 0.909. The second-order valence-electron chi connectivity index (χ2n) is 11.0. The topological polar surface area (TPSA) is 81.4 Å². The molecular weight excluding hydrogens is 396 g/mol. The maximum atomic E-state index is 4.72. The molecule has 0 bridgehead atoms. The molecule has 2 atom stereocenters. The number of hydrogen-bond acceptors (Lipinski definition) is 4. The predicted molar refractivity (Wildman–Crippen MR) is 127 cm³/mol. The van der Waals surface area contributed by atoms with Crippen molar-refractivity contribution in [3.8, 4) is 0 Å². The fourth-order valence-electron chi connectivity index (χ4n) is 7.11. The summed E-state index contributed by atoms with van der Waals surface area (Å²) >= 11 is 0. The van der Waals surface area contributed by atoms with Crippen molar-refractivity contribution in [1.29, 1.82) is 0 Å². The first-order valence-corrected chi connectivity index (χ1v) is 13.4. The molecule has 6 heteroatoms. The second kappa shape index (κ2) is 9.30. The zero-order valence-corrected chi connectivity index (χ0v) is 19.4. The van der Waals surface area contributed by atoms with Crippen LogP contribution in [0.25, 0.3) is 0 Å². The van der Waals surface area contributed by atoms with Gasteiger partial charge in [0.05, 0.1) is 12.1 Å². The van der Waals surface area contributed by atoms with Crippen LogP contribution >= 0.6 is 0 Å². The summed E-state index contributed by atoms with van der Waals surface area (Å²) in [5.74, 6) is 5.60. The molecule has 2 saturated carbocycles. The molecule has 32 heavy (non-hydrogen) atoms. The Labute approximate surface area is 192 Å². The van der Waals surface area contributed by atoms with Gasteiger partial charge in [0, 0.05) is 35.6 Å². The van der Waals surface area contributed by atoms with Crippen LogP contribution in [0.4, 0.5) is 0 Å². The Hall–Kier alpha value is -1.66. The normalized spacial score (nSPS) is 36.0. The third-order valence-electron chi connectivity index (χ3n) is 9.10. The van der Waals surface area contributed by atoms with Crippen LogP contribution in [0.3, 0.4) is 0 Å². The van der Waals surface area contributed by atoms with Crippen LogP contribution in [0.15, 0.2) is 12.4 Å². The lowest BCUT2D eigenvalue weighted by molar-refractivity contribution is 0.175. The number of aromatic amines is 2. The molecule has 0 amide bonds. The maximum absolute atomic E-state index is 4.72. The Balaban J connectivity index is 0.984. The highest BCUT2D eigenvalue weighted by Gasteiger charge is 2.33. The summed E-state index contributed by atoms with van der Waals surface area (Å²) in [7, 11) is 0. The third-order valence-corrected chi connectivity index (χ3v) is 9.10. The van der Waals surface area contributed by atoms with Gasteiger partial charge >= 0.3 is 0 Å². The number of nitrogens with zero attached hydrogens (tertiary/aromatic N) is 2. The SMILES string of the molecule is c1nc([C@@H]2CCCN2)[nH]c1C1CCC(C2CCC(c3cnc([C@@H]4CCCN4)[nH]3)CC2)CC1. The van der Waals surface area contributed by atoms with Crippen LogP contribution < -0.4 is 10.6 Å². The van der Waals surface area contributed by atoms with Crippen molar-refractivity contribution in [3.05, 3.63) is 35.4 Å². The molecule has 6 nitrogen and oxygen atoms in total. The molecule has 2 aromatic rings. The minimum Gasteiger partial charge on any atom is -0.344 e. The van der Waals surface area contributed by atoms with E-state index in [0.29, 0.717) is 23.9 Å². The van der Waals surface area contributed by atoms with E-state index >= 15 is 0 Å². The van der Waals surface area contributed by atoms with Crippen molar-refractivity contribution in [1.82, 2.24) is 30.6 Å². The van der Waals surface area contributed by atoms with Gasteiger partial charge in [0.15, 0.2) is 0 Å². The Bertz CT molecular complexity index is 786. The molecule has 0 unspecified atom stereocenters. The maximum Gasteiger partial charge on any atom is 0.123 e. The van der Waals surface area contributed by atoms with E-state index in [-0.39, 0.29) is 0 Å². The Morgan fingerprint density at radius 3 is 1.38 bits per heavy atom. The lowest BCUT2D eigenvalue weighted by atomic mass is 9.68. The summed E-state index contributed by atoms with van der Waals surface area (Å²) in [6.07, 6.45) is 20.2. The van der Waals surface area contributed by atoms with E-state index in [1.165, 1.54) is 100 Å². The van der Waals surface area contributed by atoms with Crippen LogP contribution in [0.2, 0.25) is 0 Å². The monoisotopic (exact) mass is 436 g/mol. The van der Waals surface area contributed by atoms with Gasteiger partial charge in [0.1, 0.15) is 11.6 Å². The minimum absolute atomic E-state index is 0.454. The summed E-state index contributed by atoms with van der Waals surface area (Å²) in [6.45, 7) is 2.26. The largest absolute Gasteiger partial charge is 0.344 e. The lowest BCUT2D eigenvalue weighted by Crippen LogP contribution is -2.25. The first-order chi connectivity index (χ1) is 15.8. The van der Waals surface area contributed by atoms with E-state index in [1.54, 1.807) is 0 Å². The summed E-state index contributed by atoms with van der Waals surface area (Å²) in [5.41, 5.74) is 2.78. The Morgan fingerprint density at radius 2 is 1.00 bits per heavy atom. The highest BCUT2D eigenvalue weighted by Crippen LogP contribution is 2.45. The number of imidazole rings is 2. The summed E-state index contributed by atoms with van der Waals surface area (Å²) in [5, 5.41) is 7.13. The number of nitrogens with one attached hydrogen (secondary N) is 4. The molecule has 0 radical (unpaired) electrons. The second-order valence-corrected chi connectivity index (χ2v) is 11.0. The van der Waals surface area contributed by atoms with E-state index in [4.69, 9.17) is 9.97 Å². The average Bonchev–Trinajstić information content (AvgIpc) is 3.66. The smallest absolute Gasteiger partial charge is 0.123 e. The van der Waals surface area contributed by atoms with Crippen LogP contribution in [0, 0.1) is 11.8 Å². The average molecular weight is 437 g/mol. The Morgan fingerprint density at radius 1 is 0.562 bits per heavy atom. The molecule has 6 rings (SSSR count). The van der Waals surface area contributed by atoms with Crippen LogP contribution in [-0.2, 0) is 0 Å². The van der Waals surface area contributed by atoms with Gasteiger partial charge < -0.3 is 20.6 Å². The molecule has 4 aliphatic rings. The molecule has 2 aromatic heterocycles. The van der Waals surface area contributed by atoms with Crippen molar-refractivity contribution < 1.29 is 0 Å². The molecular formula is C26H40N6. The van der Waals surface area contributed by atoms with Gasteiger partial charge in [-0.25, -0.2) is 9.97 Å². The van der Waals surface area contributed by atoms with Crippen LogP contribution in [0.1, 0.15) is 124 Å². The van der Waals surface area contributed by atoms with E-state index in [0.717, 1.165) is 24.9 Å². The lowest BCUT2D eigenvalue weighted by Gasteiger charge is -2.37. The Kier molecular flexibility index (Phi) is 6.08. The van der Waals surface area contributed by atoms with Gasteiger partial charge in [0.25, 0.3) is 0 Å². The predicted octanol–water partition coefficient (Wildman–Crippen LogP) is 5.23. The molecule has 0 spiro atoms. The number of hydrogen-bond donors (Lipinski definition) is 4. The van der Waals surface area contributed by atoms with Crippen molar-refractivity contribution in [2.45, 2.75) is 101 Å². The van der Waals surface area contributed by atoms with Gasteiger partial charge in [-0.2, -0.15) is 0 Å². The molecule has 4 heterocycles. The van der Waals surface area contributed by atoms with Crippen molar-refractivity contribution in [3.63, 3.8) is 0 Å². The zero-order valence-electron chi connectivity index (χ0n) is 19.4. The standard InChI is InChI=1S/C26H40N6/c1-3-21(27-13-1)25-29-15-23(31-25)19-9-5-17(6-10-19)18-7-11-20(12-8-18)24-16-30-26(32-24)22-4-2-14-28-22/h15-22,27-28H,1-14H2,(H,29,31)(H,30,32)/t17?,18?,19?,20?,21-,22-/m0/s1. The summed E-state index contributed by atoms with van der Waals surface area (Å²) < 4.78 is 0. The quantitative estimate of drug-likeness (QED) is 0.517. The first-order valence-electron chi connectivity index (χ1n) is 13.4. The fourth-order valence-corrected chi connectivity index (χ4v) is 7.11. The van der Waals surface area contributed by atoms with Crippen molar-refractivity contribution >= 4 is 0 Å². The van der Waals surface area contributed by atoms with Crippen LogP contribution in [-0.4, -0.2) is 33.0 Å². The van der Waals surface area contributed by atoms with Crippen molar-refractivity contribution in [2.75, 3.05) is 13.1 Å². The first kappa shape index (κ1) is 20.9. The number of rotatable bonds is 5. The number of aromatic nitrogens is 4. The summed E-state index contributed by atoms with van der Waals surface area (Å²) in [4.78, 5) is 16.8. The van der Waals surface area contributed by atoms with E-state index in [2.05, 4.69) is 33.0 Å². The van der Waals surface area contributed by atoms with E-state index in [1.807, 2.05) is 0 Å². The fraction of sp³-hybridized carbons (Fsp3) is 0.769. The minimum atomic E-state index is 0.454. The van der Waals surface area contributed by atoms with Crippen molar-refractivity contribution in [2.24, 2.45) is 11.8 Å². The molecule has 174 valence electrons. The highest BCUT2D eigenvalue weighted by atomic mass is 15.0. The molecule has 4 N–H and O–H groups in total. The molecule has 2 saturated heterocycles. The van der Waals surface area contributed by atoms with E-state index in [9.17, 15) is 0 Å². The highest BCUT2D eigenvalue weighted by molar-refractivity contribution is 5.13. The number of H-pyrrole nitrogens is 2.